The molecule has 3 rings (SSSR count). The van der Waals surface area contributed by atoms with E-state index in [-0.39, 0.29) is 25.9 Å². The fraction of sp³-hybridized carbons (Fsp3) is 0.458. The number of aromatic nitrogens is 1. The zero-order chi connectivity index (χ0) is 24.2. The van der Waals surface area contributed by atoms with E-state index >= 15 is 0 Å². The van der Waals surface area contributed by atoms with Crippen molar-refractivity contribution in [3.63, 3.8) is 0 Å². The molecular weight excluding hydrogens is 435 g/mol. The molecule has 1 saturated heterocycles. The van der Waals surface area contributed by atoms with Crippen molar-refractivity contribution < 1.29 is 27.5 Å². The SMILES string of the molecule is CC(C)(C)OC(=O)N1CC[C@H](N(Cc2ccccn2)C(=O)C(F)(F)F)C[C@H]1c1ccccc1. The minimum Gasteiger partial charge on any atom is -0.444 e. The third kappa shape index (κ3) is 6.46. The summed E-state index contributed by atoms with van der Waals surface area (Å²) in [6, 6.07) is 12.7. The number of carbonyl (C=O) groups is 2. The van der Waals surface area contributed by atoms with Crippen molar-refractivity contribution in [2.24, 2.45) is 0 Å². The molecule has 0 N–H and O–H groups in total. The van der Waals surface area contributed by atoms with Crippen molar-refractivity contribution in [3.05, 3.63) is 66.0 Å². The van der Waals surface area contributed by atoms with E-state index in [1.807, 2.05) is 18.2 Å². The van der Waals surface area contributed by atoms with Crippen LogP contribution in [0.4, 0.5) is 18.0 Å². The molecule has 0 saturated carbocycles. The second kappa shape index (κ2) is 9.80. The lowest BCUT2D eigenvalue weighted by Crippen LogP contribution is -2.53. The number of ether oxygens (including phenoxy) is 1. The van der Waals surface area contributed by atoms with E-state index in [1.54, 1.807) is 51.1 Å². The maximum Gasteiger partial charge on any atom is 0.471 e. The summed E-state index contributed by atoms with van der Waals surface area (Å²) >= 11 is 0. The Bertz CT molecular complexity index is 946. The van der Waals surface area contributed by atoms with Gasteiger partial charge in [-0.1, -0.05) is 36.4 Å². The first-order valence-corrected chi connectivity index (χ1v) is 10.8. The Morgan fingerprint density at radius 3 is 2.33 bits per heavy atom. The lowest BCUT2D eigenvalue weighted by atomic mass is 9.90. The van der Waals surface area contributed by atoms with Gasteiger partial charge in [-0.2, -0.15) is 13.2 Å². The number of likely N-dealkylation sites (tertiary alicyclic amines) is 1. The summed E-state index contributed by atoms with van der Waals surface area (Å²) in [6.45, 7) is 5.16. The molecule has 0 unspecified atom stereocenters. The van der Waals surface area contributed by atoms with Crippen LogP contribution in [0.1, 0.15) is 50.9 Å². The molecule has 2 heterocycles. The summed E-state index contributed by atoms with van der Waals surface area (Å²) in [5.74, 6) is -1.91. The molecule has 2 amide bonds. The Hall–Kier alpha value is -3.10. The van der Waals surface area contributed by atoms with Crippen LogP contribution in [0, 0.1) is 0 Å². The van der Waals surface area contributed by atoms with Gasteiger partial charge >= 0.3 is 18.2 Å². The van der Waals surface area contributed by atoms with Gasteiger partial charge in [0.15, 0.2) is 0 Å². The summed E-state index contributed by atoms with van der Waals surface area (Å²) in [5, 5.41) is 0. The van der Waals surface area contributed by atoms with E-state index in [0.717, 1.165) is 10.5 Å². The van der Waals surface area contributed by atoms with E-state index in [4.69, 9.17) is 4.74 Å². The van der Waals surface area contributed by atoms with E-state index in [1.165, 1.54) is 11.1 Å². The molecule has 9 heteroatoms. The molecule has 1 fully saturated rings. The molecule has 2 aromatic rings. The van der Waals surface area contributed by atoms with Crippen molar-refractivity contribution in [1.29, 1.82) is 0 Å². The highest BCUT2D eigenvalue weighted by Crippen LogP contribution is 2.36. The van der Waals surface area contributed by atoms with E-state index in [9.17, 15) is 22.8 Å². The van der Waals surface area contributed by atoms with Gasteiger partial charge in [-0.15, -0.1) is 0 Å². The third-order valence-electron chi connectivity index (χ3n) is 5.39. The standard InChI is InChI=1S/C24H28F3N3O3/c1-23(2,3)33-22(32)29-14-12-19(15-20(29)17-9-5-4-6-10-17)30(21(31)24(25,26)27)16-18-11-7-8-13-28-18/h4-11,13,19-20H,12,14-16H2,1-3H3/t19-,20-/m0/s1. The molecule has 1 aromatic heterocycles. The molecule has 0 bridgehead atoms. The van der Waals surface area contributed by atoms with Gasteiger partial charge in [-0.3, -0.25) is 9.78 Å². The fourth-order valence-electron chi connectivity index (χ4n) is 3.96. The molecule has 0 aliphatic carbocycles. The minimum absolute atomic E-state index is 0.151. The van der Waals surface area contributed by atoms with Crippen molar-refractivity contribution in [3.8, 4) is 0 Å². The van der Waals surface area contributed by atoms with Crippen molar-refractivity contribution >= 4 is 12.0 Å². The van der Waals surface area contributed by atoms with Gasteiger partial charge in [0.05, 0.1) is 18.3 Å². The highest BCUT2D eigenvalue weighted by molar-refractivity contribution is 5.82. The van der Waals surface area contributed by atoms with Gasteiger partial charge in [-0.05, 0) is 51.3 Å². The molecule has 33 heavy (non-hydrogen) atoms. The summed E-state index contributed by atoms with van der Waals surface area (Å²) in [5.41, 5.74) is 0.415. The van der Waals surface area contributed by atoms with Gasteiger partial charge in [0, 0.05) is 18.8 Å². The number of amides is 2. The Morgan fingerprint density at radius 2 is 1.76 bits per heavy atom. The van der Waals surface area contributed by atoms with Crippen LogP contribution in [-0.4, -0.2) is 51.1 Å². The number of nitrogens with zero attached hydrogens (tertiary/aromatic N) is 3. The van der Waals surface area contributed by atoms with Crippen molar-refractivity contribution in [2.45, 2.75) is 64.0 Å². The Balaban J connectivity index is 1.91. The van der Waals surface area contributed by atoms with Crippen molar-refractivity contribution in [1.82, 2.24) is 14.8 Å². The Labute approximate surface area is 191 Å². The number of piperidine rings is 1. The number of carbonyl (C=O) groups excluding carboxylic acids is 2. The fourth-order valence-corrected chi connectivity index (χ4v) is 3.96. The maximum absolute atomic E-state index is 13.5. The number of halogens is 3. The first kappa shape index (κ1) is 24.5. The molecule has 1 aromatic carbocycles. The first-order chi connectivity index (χ1) is 15.5. The third-order valence-corrected chi connectivity index (χ3v) is 5.39. The quantitative estimate of drug-likeness (QED) is 0.632. The zero-order valence-corrected chi connectivity index (χ0v) is 18.9. The highest BCUT2D eigenvalue weighted by Gasteiger charge is 2.47. The Morgan fingerprint density at radius 1 is 1.09 bits per heavy atom. The molecule has 2 atom stereocenters. The topological polar surface area (TPSA) is 62.7 Å². The average Bonchev–Trinajstić information content (AvgIpc) is 2.76. The summed E-state index contributed by atoms with van der Waals surface area (Å²) in [6.07, 6.45) is -3.73. The summed E-state index contributed by atoms with van der Waals surface area (Å²) in [4.78, 5) is 31.7. The van der Waals surface area contributed by atoms with Gasteiger partial charge in [0.2, 0.25) is 0 Å². The first-order valence-electron chi connectivity index (χ1n) is 10.8. The van der Waals surface area contributed by atoms with Gasteiger partial charge in [-0.25, -0.2) is 4.79 Å². The number of rotatable bonds is 4. The number of hydrogen-bond acceptors (Lipinski definition) is 4. The van der Waals surface area contributed by atoms with Crippen LogP contribution in [0.2, 0.25) is 0 Å². The van der Waals surface area contributed by atoms with Crippen LogP contribution in [0.5, 0.6) is 0 Å². The lowest BCUT2D eigenvalue weighted by Gasteiger charge is -2.43. The molecule has 0 radical (unpaired) electrons. The number of pyridine rings is 1. The van der Waals surface area contributed by atoms with Crippen LogP contribution >= 0.6 is 0 Å². The summed E-state index contributed by atoms with van der Waals surface area (Å²) in [7, 11) is 0. The van der Waals surface area contributed by atoms with Gasteiger partial charge < -0.3 is 14.5 Å². The Kier molecular flexibility index (Phi) is 7.29. The number of alkyl halides is 3. The monoisotopic (exact) mass is 463 g/mol. The van der Waals surface area contributed by atoms with E-state index < -0.39 is 35.9 Å². The predicted octanol–water partition coefficient (Wildman–Crippen LogP) is 5.11. The molecule has 6 nitrogen and oxygen atoms in total. The van der Waals surface area contributed by atoms with Crippen LogP contribution in [-0.2, 0) is 16.1 Å². The normalized spacial score (nSPS) is 19.2. The average molecular weight is 464 g/mol. The van der Waals surface area contributed by atoms with Gasteiger partial charge in [0.1, 0.15) is 5.60 Å². The molecule has 1 aliphatic heterocycles. The molecule has 1 aliphatic rings. The largest absolute Gasteiger partial charge is 0.471 e. The van der Waals surface area contributed by atoms with E-state index in [2.05, 4.69) is 4.98 Å². The second-order valence-electron chi connectivity index (χ2n) is 9.03. The van der Waals surface area contributed by atoms with Gasteiger partial charge in [0.25, 0.3) is 0 Å². The van der Waals surface area contributed by atoms with Crippen molar-refractivity contribution in [2.75, 3.05) is 6.54 Å². The lowest BCUT2D eigenvalue weighted by molar-refractivity contribution is -0.189. The minimum atomic E-state index is -5.01. The number of benzene rings is 1. The molecular formula is C24H28F3N3O3. The predicted molar refractivity (Wildman–Crippen MR) is 116 cm³/mol. The van der Waals surface area contributed by atoms with Crippen LogP contribution in [0.25, 0.3) is 0 Å². The molecule has 178 valence electrons. The van der Waals surface area contributed by atoms with E-state index in [0.29, 0.717) is 5.69 Å². The van der Waals surface area contributed by atoms with Crippen LogP contribution in [0.15, 0.2) is 54.7 Å². The second-order valence-corrected chi connectivity index (χ2v) is 9.03. The number of hydrogen-bond donors (Lipinski definition) is 0. The maximum atomic E-state index is 13.5. The van der Waals surface area contributed by atoms with Crippen LogP contribution in [0.3, 0.4) is 0 Å². The smallest absolute Gasteiger partial charge is 0.444 e. The molecule has 0 spiro atoms. The zero-order valence-electron chi connectivity index (χ0n) is 18.9. The highest BCUT2D eigenvalue weighted by atomic mass is 19.4. The van der Waals surface area contributed by atoms with Crippen LogP contribution < -0.4 is 0 Å². The summed E-state index contributed by atoms with van der Waals surface area (Å²) < 4.78 is 46.0.